The van der Waals surface area contributed by atoms with Crippen LogP contribution in [0, 0.1) is 0 Å². The lowest BCUT2D eigenvalue weighted by Crippen LogP contribution is -1.86. The molecule has 11 heavy (non-hydrogen) atoms. The lowest BCUT2D eigenvalue weighted by atomic mass is 10.7. The molecule has 0 saturated heterocycles. The summed E-state index contributed by atoms with van der Waals surface area (Å²) < 4.78 is 15.8. The Bertz CT molecular complexity index is 208. The maximum Gasteiger partial charge on any atom is 0.282 e. The second kappa shape index (κ2) is 4.61. The fraction of sp³-hybridized carbons (Fsp3) is 0.600. The molecule has 0 saturated carbocycles. The Morgan fingerprint density at radius 3 is 2.27 bits per heavy atom. The molecule has 0 fully saturated rings. The molecule has 0 rings (SSSR count). The zero-order valence-electron chi connectivity index (χ0n) is 6.10. The number of allylic oxidation sites excluding steroid dienone is 1. The fourth-order valence-electron chi connectivity index (χ4n) is 0.333. The second-order valence-corrected chi connectivity index (χ2v) is 7.07. The molecular formula is C5H8Cl3O2P. The summed E-state index contributed by atoms with van der Waals surface area (Å²) in [5.41, 5.74) is 0. The Kier molecular flexibility index (Phi) is 4.88. The van der Waals surface area contributed by atoms with E-state index in [9.17, 15) is 4.57 Å². The molecule has 0 unspecified atom stereocenters. The third-order valence-corrected chi connectivity index (χ3v) is 3.98. The number of rotatable bonds is 3. The molecule has 0 spiro atoms. The van der Waals surface area contributed by atoms with Crippen LogP contribution in [0.5, 0.6) is 0 Å². The van der Waals surface area contributed by atoms with E-state index in [1.165, 1.54) is 6.92 Å². The first kappa shape index (κ1) is 11.6. The first-order chi connectivity index (χ1) is 4.89. The molecular weight excluding hydrogens is 229 g/mol. The topological polar surface area (TPSA) is 26.3 Å². The zero-order valence-corrected chi connectivity index (χ0v) is 9.27. The summed E-state index contributed by atoms with van der Waals surface area (Å²) in [7, 11) is 0. The smallest absolute Gasteiger partial charge is 0.282 e. The minimum Gasteiger partial charge on any atom is -0.483 e. The molecule has 0 N–H and O–H groups in total. The summed E-state index contributed by atoms with van der Waals surface area (Å²) in [6.07, 6.45) is 0. The van der Waals surface area contributed by atoms with Crippen LogP contribution in [0.1, 0.15) is 13.8 Å². The summed E-state index contributed by atoms with van der Waals surface area (Å²) in [4.78, 5) is 0. The van der Waals surface area contributed by atoms with Gasteiger partial charge in [0.25, 0.3) is 5.85 Å². The van der Waals surface area contributed by atoms with Crippen LogP contribution in [0.3, 0.4) is 0 Å². The Morgan fingerprint density at radius 2 is 2.00 bits per heavy atom. The molecule has 0 aliphatic rings. The summed E-state index contributed by atoms with van der Waals surface area (Å²) in [6.45, 7) is 3.62. The highest BCUT2D eigenvalue weighted by Gasteiger charge is 2.20. The minimum atomic E-state index is -3.28. The molecule has 0 aromatic heterocycles. The Morgan fingerprint density at radius 1 is 1.55 bits per heavy atom. The van der Waals surface area contributed by atoms with Gasteiger partial charge in [-0.25, -0.2) is 0 Å². The van der Waals surface area contributed by atoms with Crippen LogP contribution in [0.25, 0.3) is 0 Å². The molecule has 0 bridgehead atoms. The Labute approximate surface area is 80.4 Å². The lowest BCUT2D eigenvalue weighted by Gasteiger charge is -2.05. The normalized spacial score (nSPS) is 14.3. The molecule has 0 aromatic carbocycles. The number of hydrogen-bond acceptors (Lipinski definition) is 2. The summed E-state index contributed by atoms with van der Waals surface area (Å²) in [5, 5.41) is 0.199. The molecule has 6 heteroatoms. The van der Waals surface area contributed by atoms with Crippen LogP contribution in [-0.4, -0.2) is 6.61 Å². The van der Waals surface area contributed by atoms with Gasteiger partial charge in [0, 0.05) is 0 Å². The van der Waals surface area contributed by atoms with Crippen molar-refractivity contribution in [1.82, 2.24) is 0 Å². The van der Waals surface area contributed by atoms with Crippen molar-refractivity contribution >= 4 is 39.9 Å². The second-order valence-electron chi connectivity index (χ2n) is 1.75. The van der Waals surface area contributed by atoms with Gasteiger partial charge in [0.2, 0.25) is 0 Å². The van der Waals surface area contributed by atoms with E-state index < -0.39 is 5.85 Å². The monoisotopic (exact) mass is 236 g/mol. The third kappa shape index (κ3) is 4.27. The van der Waals surface area contributed by atoms with Crippen molar-refractivity contribution < 1.29 is 9.30 Å². The number of ether oxygens (including phenoxy) is 1. The fourth-order valence-corrected chi connectivity index (χ4v) is 1.79. The Balaban J connectivity index is 4.53. The van der Waals surface area contributed by atoms with Gasteiger partial charge in [0.1, 0.15) is 0 Å². The SMILES string of the molecule is CCO/C(Cl)=C(/C)P(=O)(Cl)Cl. The van der Waals surface area contributed by atoms with E-state index in [0.717, 1.165) is 0 Å². The highest BCUT2D eigenvalue weighted by Crippen LogP contribution is 2.64. The van der Waals surface area contributed by atoms with Gasteiger partial charge in [-0.15, -0.1) is 0 Å². The van der Waals surface area contributed by atoms with Crippen molar-refractivity contribution in [1.29, 1.82) is 0 Å². The van der Waals surface area contributed by atoms with E-state index in [1.54, 1.807) is 6.92 Å². The summed E-state index contributed by atoms with van der Waals surface area (Å²) in [6, 6.07) is 0. The molecule has 2 nitrogen and oxygen atoms in total. The van der Waals surface area contributed by atoms with Gasteiger partial charge in [-0.2, -0.15) is 0 Å². The van der Waals surface area contributed by atoms with E-state index in [1.807, 2.05) is 0 Å². The third-order valence-electron chi connectivity index (χ3n) is 0.946. The van der Waals surface area contributed by atoms with Gasteiger partial charge >= 0.3 is 0 Å². The first-order valence-corrected chi connectivity index (χ1v) is 6.78. The predicted octanol–water partition coefficient (Wildman–Crippen LogP) is 4.12. The maximum atomic E-state index is 10.9. The van der Waals surface area contributed by atoms with Crippen molar-refractivity contribution in [2.24, 2.45) is 0 Å². The molecule has 0 heterocycles. The van der Waals surface area contributed by atoms with E-state index >= 15 is 0 Å². The van der Waals surface area contributed by atoms with Gasteiger partial charge in [-0.05, 0) is 47.9 Å². The Hall–Kier alpha value is 0.640. The van der Waals surface area contributed by atoms with Gasteiger partial charge < -0.3 is 4.74 Å². The van der Waals surface area contributed by atoms with Gasteiger partial charge in [0.05, 0.1) is 11.9 Å². The van der Waals surface area contributed by atoms with Gasteiger partial charge in [-0.1, -0.05) is 0 Å². The first-order valence-electron chi connectivity index (χ1n) is 2.88. The largest absolute Gasteiger partial charge is 0.483 e. The van der Waals surface area contributed by atoms with Crippen molar-refractivity contribution in [2.45, 2.75) is 13.8 Å². The molecule has 66 valence electrons. The molecule has 0 aliphatic heterocycles. The average Bonchev–Trinajstić information content (AvgIpc) is 1.85. The molecule has 0 radical (unpaired) electrons. The average molecular weight is 237 g/mol. The van der Waals surface area contributed by atoms with Crippen LogP contribution in [0.15, 0.2) is 10.5 Å². The van der Waals surface area contributed by atoms with Crippen LogP contribution >= 0.6 is 39.9 Å². The highest BCUT2D eigenvalue weighted by molar-refractivity contribution is 8.11. The van der Waals surface area contributed by atoms with Gasteiger partial charge in [-0.3, -0.25) is 4.57 Å². The van der Waals surface area contributed by atoms with Crippen molar-refractivity contribution in [3.8, 4) is 0 Å². The maximum absolute atomic E-state index is 10.9. The van der Waals surface area contributed by atoms with Crippen molar-refractivity contribution in [3.05, 3.63) is 10.5 Å². The minimum absolute atomic E-state index is 0.0147. The van der Waals surface area contributed by atoms with Gasteiger partial charge in [0.15, 0.2) is 5.22 Å². The van der Waals surface area contributed by atoms with Crippen molar-refractivity contribution in [3.63, 3.8) is 0 Å². The van der Waals surface area contributed by atoms with E-state index in [0.29, 0.717) is 6.61 Å². The van der Waals surface area contributed by atoms with E-state index in [2.05, 4.69) is 0 Å². The van der Waals surface area contributed by atoms with Crippen LogP contribution in [0.2, 0.25) is 0 Å². The summed E-state index contributed by atoms with van der Waals surface area (Å²) in [5.74, 6) is -3.28. The van der Waals surface area contributed by atoms with Crippen molar-refractivity contribution in [2.75, 3.05) is 6.61 Å². The van der Waals surface area contributed by atoms with E-state index in [-0.39, 0.29) is 10.5 Å². The van der Waals surface area contributed by atoms with Crippen LogP contribution in [0.4, 0.5) is 0 Å². The lowest BCUT2D eigenvalue weighted by molar-refractivity contribution is 0.253. The van der Waals surface area contributed by atoms with Crippen LogP contribution in [-0.2, 0) is 9.30 Å². The number of halogens is 3. The quantitative estimate of drug-likeness (QED) is 0.545. The standard InChI is InChI=1S/C5H8Cl3O2P/c1-3-10-5(6)4(2)11(7,8)9/h3H2,1-2H3/b5-4-. The zero-order chi connectivity index (χ0) is 9.07. The molecule has 0 aliphatic carbocycles. The van der Waals surface area contributed by atoms with Crippen LogP contribution < -0.4 is 0 Å². The van der Waals surface area contributed by atoms with E-state index in [4.69, 9.17) is 38.8 Å². The highest BCUT2D eigenvalue weighted by atomic mass is 35.9. The predicted molar refractivity (Wildman–Crippen MR) is 49.5 cm³/mol. The number of hydrogen-bond donors (Lipinski definition) is 0. The molecule has 0 amide bonds. The molecule has 0 atom stereocenters. The summed E-state index contributed by atoms with van der Waals surface area (Å²) >= 11 is 16.2. The molecule has 0 aromatic rings.